The number of aliphatic hydroxyl groups is 1. The number of carbonyl (C=O) groups is 1. The summed E-state index contributed by atoms with van der Waals surface area (Å²) in [5.41, 5.74) is 3.34. The third-order valence-electron chi connectivity index (χ3n) is 5.83. The molecule has 2 N–H and O–H groups in total. The van der Waals surface area contributed by atoms with Crippen LogP contribution in [0.5, 0.6) is 0 Å². The van der Waals surface area contributed by atoms with E-state index in [0.29, 0.717) is 12.8 Å². The zero-order valence-electron chi connectivity index (χ0n) is 15.4. The molecule has 2 aromatic rings. The molecule has 0 radical (unpaired) electrons. The molecule has 0 bridgehead atoms. The number of aliphatic hydroxyl groups excluding tert-OH is 1. The van der Waals surface area contributed by atoms with E-state index in [0.717, 1.165) is 48.3 Å². The van der Waals surface area contributed by atoms with Gasteiger partial charge in [0.05, 0.1) is 28.5 Å². The highest BCUT2D eigenvalue weighted by Gasteiger charge is 2.33. The molecule has 7 nitrogen and oxygen atoms in total. The summed E-state index contributed by atoms with van der Waals surface area (Å²) in [6, 6.07) is 3.93. The number of benzene rings is 1. The number of aromatic nitrogens is 2. The van der Waals surface area contributed by atoms with Crippen LogP contribution in [0, 0.1) is 5.92 Å². The van der Waals surface area contributed by atoms with Gasteiger partial charge in [-0.2, -0.15) is 0 Å². The molecule has 7 heteroatoms. The molecule has 1 saturated carbocycles. The average molecular weight is 358 g/mol. The molecule has 2 heterocycles. The molecule has 2 fully saturated rings. The van der Waals surface area contributed by atoms with Crippen molar-refractivity contribution >= 4 is 28.3 Å². The van der Waals surface area contributed by atoms with E-state index in [1.165, 1.54) is 6.42 Å². The van der Waals surface area contributed by atoms with E-state index in [4.69, 9.17) is 0 Å². The molecule has 1 aromatic heterocycles. The summed E-state index contributed by atoms with van der Waals surface area (Å²) in [7, 11) is 3.53. The molecule has 140 valence electrons. The highest BCUT2D eigenvalue weighted by Crippen LogP contribution is 2.35. The highest BCUT2D eigenvalue weighted by molar-refractivity contribution is 6.00. The fraction of sp³-hybridized carbons (Fsp3) is 0.579. The zero-order valence-corrected chi connectivity index (χ0v) is 15.4. The maximum absolute atomic E-state index is 12.6. The molecule has 26 heavy (non-hydrogen) atoms. The Labute approximate surface area is 152 Å². The van der Waals surface area contributed by atoms with Crippen LogP contribution in [0.3, 0.4) is 0 Å². The Bertz CT molecular complexity index is 902. The SMILES string of the molecule is Cn1c(=O)n(C)c2cc(N3CCCCC3)c(NC(=O)C3CC(O)C3)cc21. The summed E-state index contributed by atoms with van der Waals surface area (Å²) in [5, 5.41) is 12.5. The van der Waals surface area contributed by atoms with Gasteiger partial charge in [-0.3, -0.25) is 13.9 Å². The summed E-state index contributed by atoms with van der Waals surface area (Å²) >= 11 is 0. The lowest BCUT2D eigenvalue weighted by molar-refractivity contribution is -0.126. The van der Waals surface area contributed by atoms with Crippen molar-refractivity contribution in [2.24, 2.45) is 20.0 Å². The van der Waals surface area contributed by atoms with Crippen LogP contribution in [0.25, 0.3) is 11.0 Å². The summed E-state index contributed by atoms with van der Waals surface area (Å²) in [4.78, 5) is 27.2. The van der Waals surface area contributed by atoms with Crippen molar-refractivity contribution in [3.8, 4) is 0 Å². The lowest BCUT2D eigenvalue weighted by Crippen LogP contribution is -2.38. The number of piperidine rings is 1. The van der Waals surface area contributed by atoms with E-state index >= 15 is 0 Å². The minimum absolute atomic E-state index is 0.0474. The highest BCUT2D eigenvalue weighted by atomic mass is 16.3. The van der Waals surface area contributed by atoms with Crippen molar-refractivity contribution in [2.45, 2.75) is 38.2 Å². The maximum Gasteiger partial charge on any atom is 0.328 e. The van der Waals surface area contributed by atoms with Gasteiger partial charge >= 0.3 is 5.69 Å². The number of fused-ring (bicyclic) bond motifs is 1. The molecule has 0 unspecified atom stereocenters. The summed E-state index contributed by atoms with van der Waals surface area (Å²) < 4.78 is 3.26. The molecule has 4 rings (SSSR count). The molecule has 1 aliphatic heterocycles. The Morgan fingerprint density at radius 2 is 1.69 bits per heavy atom. The van der Waals surface area contributed by atoms with Gasteiger partial charge in [-0.1, -0.05) is 0 Å². The number of rotatable bonds is 3. The Hall–Kier alpha value is -2.28. The number of aryl methyl sites for hydroxylation is 2. The molecule has 1 aliphatic carbocycles. The number of anilines is 2. The topological polar surface area (TPSA) is 79.5 Å². The molecule has 1 amide bonds. The predicted molar refractivity (Wildman–Crippen MR) is 102 cm³/mol. The minimum atomic E-state index is -0.357. The van der Waals surface area contributed by atoms with Gasteiger partial charge in [-0.05, 0) is 44.2 Å². The number of amides is 1. The first kappa shape index (κ1) is 17.1. The van der Waals surface area contributed by atoms with Crippen LogP contribution >= 0.6 is 0 Å². The lowest BCUT2D eigenvalue weighted by Gasteiger charge is -2.33. The van der Waals surface area contributed by atoms with Crippen molar-refractivity contribution in [3.63, 3.8) is 0 Å². The second-order valence-electron chi connectivity index (χ2n) is 7.62. The number of nitrogens with one attached hydrogen (secondary N) is 1. The molecule has 0 atom stereocenters. The molecular formula is C19H26N4O3. The molecular weight excluding hydrogens is 332 g/mol. The lowest BCUT2D eigenvalue weighted by atomic mass is 9.82. The Kier molecular flexibility index (Phi) is 4.26. The van der Waals surface area contributed by atoms with Gasteiger partial charge in [0.25, 0.3) is 0 Å². The number of imidazole rings is 1. The van der Waals surface area contributed by atoms with Gasteiger partial charge in [-0.15, -0.1) is 0 Å². The first-order chi connectivity index (χ1) is 12.5. The van der Waals surface area contributed by atoms with E-state index in [-0.39, 0.29) is 23.6 Å². The van der Waals surface area contributed by atoms with Gasteiger partial charge in [0, 0.05) is 33.1 Å². The zero-order chi connectivity index (χ0) is 18.4. The van der Waals surface area contributed by atoms with Crippen LogP contribution in [0.2, 0.25) is 0 Å². The second kappa shape index (κ2) is 6.46. The summed E-state index contributed by atoms with van der Waals surface area (Å²) in [6.45, 7) is 1.91. The van der Waals surface area contributed by atoms with Crippen LogP contribution in [-0.2, 0) is 18.9 Å². The summed E-state index contributed by atoms with van der Waals surface area (Å²) in [6.07, 6.45) is 4.18. The third-order valence-corrected chi connectivity index (χ3v) is 5.83. The Balaban J connectivity index is 1.76. The molecule has 1 aromatic carbocycles. The number of hydrogen-bond donors (Lipinski definition) is 2. The average Bonchev–Trinajstić information content (AvgIpc) is 2.83. The molecule has 1 saturated heterocycles. The minimum Gasteiger partial charge on any atom is -0.393 e. The number of hydrogen-bond acceptors (Lipinski definition) is 4. The molecule has 2 aliphatic rings. The number of nitrogens with zero attached hydrogens (tertiary/aromatic N) is 3. The van der Waals surface area contributed by atoms with E-state index in [9.17, 15) is 14.7 Å². The first-order valence-electron chi connectivity index (χ1n) is 9.39. The predicted octanol–water partition coefficient (Wildman–Crippen LogP) is 1.58. The third kappa shape index (κ3) is 2.80. The van der Waals surface area contributed by atoms with E-state index in [1.54, 1.807) is 23.2 Å². The fourth-order valence-corrected chi connectivity index (χ4v) is 4.07. The normalized spacial score (nSPS) is 23.1. The van der Waals surface area contributed by atoms with E-state index in [2.05, 4.69) is 10.2 Å². The van der Waals surface area contributed by atoms with Crippen LogP contribution in [0.1, 0.15) is 32.1 Å². The van der Waals surface area contributed by atoms with Gasteiger partial charge in [-0.25, -0.2) is 4.79 Å². The first-order valence-corrected chi connectivity index (χ1v) is 9.39. The van der Waals surface area contributed by atoms with Gasteiger partial charge in [0.2, 0.25) is 5.91 Å². The fourth-order valence-electron chi connectivity index (χ4n) is 4.07. The number of carbonyl (C=O) groups excluding carboxylic acids is 1. The van der Waals surface area contributed by atoms with Crippen LogP contribution in [0.4, 0.5) is 11.4 Å². The smallest absolute Gasteiger partial charge is 0.328 e. The van der Waals surface area contributed by atoms with Gasteiger partial charge < -0.3 is 15.3 Å². The Morgan fingerprint density at radius 1 is 1.08 bits per heavy atom. The van der Waals surface area contributed by atoms with Gasteiger partial charge in [0.1, 0.15) is 0 Å². The van der Waals surface area contributed by atoms with Crippen LogP contribution in [0.15, 0.2) is 16.9 Å². The van der Waals surface area contributed by atoms with E-state index in [1.807, 2.05) is 12.1 Å². The van der Waals surface area contributed by atoms with Gasteiger partial charge in [0.15, 0.2) is 0 Å². The van der Waals surface area contributed by atoms with Crippen molar-refractivity contribution < 1.29 is 9.90 Å². The summed E-state index contributed by atoms with van der Waals surface area (Å²) in [5.74, 6) is -0.177. The van der Waals surface area contributed by atoms with Crippen LogP contribution in [-0.4, -0.2) is 39.3 Å². The van der Waals surface area contributed by atoms with Crippen molar-refractivity contribution in [3.05, 3.63) is 22.6 Å². The monoisotopic (exact) mass is 358 g/mol. The van der Waals surface area contributed by atoms with Crippen molar-refractivity contribution in [1.29, 1.82) is 0 Å². The molecule has 0 spiro atoms. The van der Waals surface area contributed by atoms with E-state index < -0.39 is 0 Å². The van der Waals surface area contributed by atoms with Crippen LogP contribution < -0.4 is 15.9 Å². The quantitative estimate of drug-likeness (QED) is 0.873. The van der Waals surface area contributed by atoms with Crippen molar-refractivity contribution in [1.82, 2.24) is 9.13 Å². The second-order valence-corrected chi connectivity index (χ2v) is 7.62. The van der Waals surface area contributed by atoms with Crippen molar-refractivity contribution in [2.75, 3.05) is 23.3 Å². The Morgan fingerprint density at radius 3 is 2.31 bits per heavy atom. The largest absolute Gasteiger partial charge is 0.393 e. The maximum atomic E-state index is 12.6. The standard InChI is InChI=1S/C19H26N4O3/c1-21-16-10-14(20-18(25)12-8-13(24)9-12)15(23-6-4-3-5-7-23)11-17(16)22(2)19(21)26/h10-13,24H,3-9H2,1-2H3,(H,20,25).